The highest BCUT2D eigenvalue weighted by Crippen LogP contribution is 2.22. The standard InChI is InChI=1S/C15H18ClF2NO/c16-11-4-2-1-3-5-14(11)19-15(20)9-10-6-7-12(17)13(18)8-10/h6-8,11,14H,1-5,9H2,(H,19,20). The van der Waals surface area contributed by atoms with E-state index in [1.165, 1.54) is 6.07 Å². The SMILES string of the molecule is O=C(Cc1ccc(F)c(F)c1)NC1CCCCCC1Cl. The minimum atomic E-state index is -0.931. The van der Waals surface area contributed by atoms with Gasteiger partial charge < -0.3 is 5.32 Å². The molecule has 0 heterocycles. The van der Waals surface area contributed by atoms with E-state index < -0.39 is 11.6 Å². The first-order chi connectivity index (χ1) is 9.56. The fourth-order valence-electron chi connectivity index (χ4n) is 2.52. The lowest BCUT2D eigenvalue weighted by Gasteiger charge is -2.21. The number of carbonyl (C=O) groups excluding carboxylic acids is 1. The second kappa shape index (κ2) is 7.02. The second-order valence-corrected chi connectivity index (χ2v) is 5.81. The van der Waals surface area contributed by atoms with Crippen molar-refractivity contribution in [2.24, 2.45) is 0 Å². The Bertz CT molecular complexity index is 481. The first-order valence-electron chi connectivity index (χ1n) is 6.93. The number of carbonyl (C=O) groups is 1. The number of amides is 1. The van der Waals surface area contributed by atoms with Crippen LogP contribution in [-0.2, 0) is 11.2 Å². The highest BCUT2D eigenvalue weighted by molar-refractivity contribution is 6.21. The maximum Gasteiger partial charge on any atom is 0.224 e. The van der Waals surface area contributed by atoms with Crippen molar-refractivity contribution in [3.05, 3.63) is 35.4 Å². The number of hydrogen-bond donors (Lipinski definition) is 1. The van der Waals surface area contributed by atoms with Gasteiger partial charge in [-0.1, -0.05) is 25.3 Å². The molecule has 1 saturated carbocycles. The minimum absolute atomic E-state index is 0.0306. The average molecular weight is 302 g/mol. The summed E-state index contributed by atoms with van der Waals surface area (Å²) in [6.07, 6.45) is 5.09. The summed E-state index contributed by atoms with van der Waals surface area (Å²) in [5.41, 5.74) is 0.459. The van der Waals surface area contributed by atoms with Gasteiger partial charge in [0.25, 0.3) is 0 Å². The molecule has 1 aliphatic carbocycles. The summed E-state index contributed by atoms with van der Waals surface area (Å²) < 4.78 is 25.9. The van der Waals surface area contributed by atoms with Crippen molar-refractivity contribution < 1.29 is 13.6 Å². The Morgan fingerprint density at radius 3 is 2.70 bits per heavy atom. The van der Waals surface area contributed by atoms with Crippen LogP contribution < -0.4 is 5.32 Å². The van der Waals surface area contributed by atoms with Crippen molar-refractivity contribution in [3.63, 3.8) is 0 Å². The molecule has 5 heteroatoms. The topological polar surface area (TPSA) is 29.1 Å². The molecule has 0 radical (unpaired) electrons. The van der Waals surface area contributed by atoms with E-state index in [0.29, 0.717) is 5.56 Å². The van der Waals surface area contributed by atoms with Gasteiger partial charge in [0.1, 0.15) is 0 Å². The Morgan fingerprint density at radius 1 is 1.20 bits per heavy atom. The molecule has 1 aliphatic rings. The fraction of sp³-hybridized carbons (Fsp3) is 0.533. The minimum Gasteiger partial charge on any atom is -0.352 e. The van der Waals surface area contributed by atoms with Gasteiger partial charge in [0, 0.05) is 6.04 Å². The van der Waals surface area contributed by atoms with Crippen molar-refractivity contribution in [3.8, 4) is 0 Å². The van der Waals surface area contributed by atoms with Crippen LogP contribution in [0.1, 0.15) is 37.7 Å². The van der Waals surface area contributed by atoms with E-state index in [1.807, 2.05) is 0 Å². The third-order valence-corrected chi connectivity index (χ3v) is 4.15. The summed E-state index contributed by atoms with van der Waals surface area (Å²) >= 11 is 6.26. The Hall–Kier alpha value is -1.16. The lowest BCUT2D eigenvalue weighted by Crippen LogP contribution is -2.41. The number of alkyl halides is 1. The van der Waals surface area contributed by atoms with Gasteiger partial charge in [0.15, 0.2) is 11.6 Å². The van der Waals surface area contributed by atoms with E-state index in [-0.39, 0.29) is 23.7 Å². The van der Waals surface area contributed by atoms with Crippen LogP contribution in [0.5, 0.6) is 0 Å². The molecule has 2 nitrogen and oxygen atoms in total. The van der Waals surface area contributed by atoms with Gasteiger partial charge in [-0.2, -0.15) is 0 Å². The van der Waals surface area contributed by atoms with Gasteiger partial charge in [0.2, 0.25) is 5.91 Å². The van der Waals surface area contributed by atoms with Crippen LogP contribution in [0.2, 0.25) is 0 Å². The van der Waals surface area contributed by atoms with Gasteiger partial charge in [-0.05, 0) is 30.5 Å². The molecular formula is C15H18ClF2NO. The van der Waals surface area contributed by atoms with Crippen LogP contribution >= 0.6 is 11.6 Å². The number of halogens is 3. The molecule has 1 aromatic rings. The molecule has 1 amide bonds. The molecule has 1 fully saturated rings. The normalized spacial score (nSPS) is 23.1. The Morgan fingerprint density at radius 2 is 1.95 bits per heavy atom. The van der Waals surface area contributed by atoms with E-state index >= 15 is 0 Å². The summed E-state index contributed by atoms with van der Waals surface area (Å²) in [6.45, 7) is 0. The molecule has 0 bridgehead atoms. The predicted molar refractivity (Wildman–Crippen MR) is 74.7 cm³/mol. The Kier molecular flexibility index (Phi) is 5.35. The van der Waals surface area contributed by atoms with Crippen LogP contribution in [0.15, 0.2) is 18.2 Å². The molecule has 0 aromatic heterocycles. The van der Waals surface area contributed by atoms with Crippen molar-refractivity contribution in [1.82, 2.24) is 5.32 Å². The van der Waals surface area contributed by atoms with E-state index in [0.717, 1.165) is 44.2 Å². The molecule has 2 rings (SSSR count). The van der Waals surface area contributed by atoms with E-state index in [1.54, 1.807) is 0 Å². The molecular weight excluding hydrogens is 284 g/mol. The Balaban J connectivity index is 1.92. The first kappa shape index (κ1) is 15.2. The maximum atomic E-state index is 13.1. The van der Waals surface area contributed by atoms with Gasteiger partial charge in [0.05, 0.1) is 11.8 Å². The highest BCUT2D eigenvalue weighted by atomic mass is 35.5. The van der Waals surface area contributed by atoms with Gasteiger partial charge in [-0.15, -0.1) is 11.6 Å². The zero-order chi connectivity index (χ0) is 14.5. The first-order valence-corrected chi connectivity index (χ1v) is 7.37. The molecule has 1 aromatic carbocycles. The zero-order valence-electron chi connectivity index (χ0n) is 11.2. The number of rotatable bonds is 3. The van der Waals surface area contributed by atoms with Crippen molar-refractivity contribution in [1.29, 1.82) is 0 Å². The molecule has 1 N–H and O–H groups in total. The van der Waals surface area contributed by atoms with E-state index in [2.05, 4.69) is 5.32 Å². The summed E-state index contributed by atoms with van der Waals surface area (Å²) in [6, 6.07) is 3.48. The molecule has 0 spiro atoms. The third-order valence-electron chi connectivity index (χ3n) is 3.63. The molecule has 20 heavy (non-hydrogen) atoms. The summed E-state index contributed by atoms with van der Waals surface area (Å²) in [5.74, 6) is -2.03. The zero-order valence-corrected chi connectivity index (χ0v) is 11.9. The lowest BCUT2D eigenvalue weighted by atomic mass is 10.1. The van der Waals surface area contributed by atoms with Crippen LogP contribution in [-0.4, -0.2) is 17.3 Å². The molecule has 2 unspecified atom stereocenters. The molecule has 0 aliphatic heterocycles. The van der Waals surface area contributed by atoms with Gasteiger partial charge in [-0.3, -0.25) is 4.79 Å². The number of benzene rings is 1. The van der Waals surface area contributed by atoms with E-state index in [9.17, 15) is 13.6 Å². The average Bonchev–Trinajstić information content (AvgIpc) is 2.59. The summed E-state index contributed by atoms with van der Waals surface area (Å²) in [4.78, 5) is 11.9. The van der Waals surface area contributed by atoms with Crippen molar-refractivity contribution in [2.45, 2.75) is 49.9 Å². The van der Waals surface area contributed by atoms with Crippen LogP contribution in [0.4, 0.5) is 8.78 Å². The summed E-state index contributed by atoms with van der Waals surface area (Å²) in [7, 11) is 0. The van der Waals surface area contributed by atoms with Crippen molar-refractivity contribution >= 4 is 17.5 Å². The lowest BCUT2D eigenvalue weighted by molar-refractivity contribution is -0.121. The Labute approximate surface area is 122 Å². The smallest absolute Gasteiger partial charge is 0.224 e. The van der Waals surface area contributed by atoms with E-state index in [4.69, 9.17) is 11.6 Å². The maximum absolute atomic E-state index is 13.1. The molecule has 0 saturated heterocycles. The fourth-order valence-corrected chi connectivity index (χ4v) is 2.86. The van der Waals surface area contributed by atoms with Gasteiger partial charge >= 0.3 is 0 Å². The molecule has 110 valence electrons. The highest BCUT2D eigenvalue weighted by Gasteiger charge is 2.23. The third kappa shape index (κ3) is 4.17. The largest absolute Gasteiger partial charge is 0.352 e. The van der Waals surface area contributed by atoms with Crippen LogP contribution in [0.25, 0.3) is 0 Å². The number of nitrogens with one attached hydrogen (secondary N) is 1. The quantitative estimate of drug-likeness (QED) is 0.671. The number of hydrogen-bond acceptors (Lipinski definition) is 1. The molecule has 2 atom stereocenters. The predicted octanol–water partition coefficient (Wildman–Crippen LogP) is 3.56. The second-order valence-electron chi connectivity index (χ2n) is 5.25. The summed E-state index contributed by atoms with van der Waals surface area (Å²) in [5, 5.41) is 2.85. The van der Waals surface area contributed by atoms with Gasteiger partial charge in [-0.25, -0.2) is 8.78 Å². The van der Waals surface area contributed by atoms with Crippen molar-refractivity contribution in [2.75, 3.05) is 0 Å². The monoisotopic (exact) mass is 301 g/mol. The van der Waals surface area contributed by atoms with Crippen LogP contribution in [0, 0.1) is 11.6 Å². The van der Waals surface area contributed by atoms with Crippen LogP contribution in [0.3, 0.4) is 0 Å².